The molecule has 3 heteroatoms. The molecule has 0 saturated carbocycles. The summed E-state index contributed by atoms with van der Waals surface area (Å²) in [6.45, 7) is 8.45. The molecular weight excluding hydrogens is 228 g/mol. The molecule has 0 spiro atoms. The first-order valence-corrected chi connectivity index (χ1v) is 8.98. The molecule has 0 aromatic carbocycles. The SMILES string of the molecule is CCCCCC[Si](OCCCC)OCCCC. The monoisotopic (exact) mass is 259 g/mol. The Labute approximate surface area is 110 Å². The summed E-state index contributed by atoms with van der Waals surface area (Å²) in [7, 11) is -0.970. The maximum absolute atomic E-state index is 5.89. The summed E-state index contributed by atoms with van der Waals surface area (Å²) in [5, 5.41) is 0. The standard InChI is InChI=1S/C14H31O2Si/c1-4-7-10-11-14-17(15-12-8-5-2)16-13-9-6-3/h4-14H2,1-3H3. The minimum absolute atomic E-state index is 0.894. The van der Waals surface area contributed by atoms with Gasteiger partial charge in [0, 0.05) is 13.2 Å². The van der Waals surface area contributed by atoms with Crippen LogP contribution in [0, 0.1) is 0 Å². The first-order valence-electron chi connectivity index (χ1n) is 7.46. The molecule has 0 heterocycles. The zero-order valence-electron chi connectivity index (χ0n) is 12.1. The van der Waals surface area contributed by atoms with Crippen LogP contribution in [0.5, 0.6) is 0 Å². The normalized spacial score (nSPS) is 11.3. The van der Waals surface area contributed by atoms with Crippen molar-refractivity contribution >= 4 is 9.28 Å². The van der Waals surface area contributed by atoms with Crippen molar-refractivity contribution in [3.8, 4) is 0 Å². The fourth-order valence-corrected chi connectivity index (χ4v) is 3.20. The average Bonchev–Trinajstić information content (AvgIpc) is 2.34. The lowest BCUT2D eigenvalue weighted by Gasteiger charge is -2.15. The van der Waals surface area contributed by atoms with Crippen molar-refractivity contribution in [2.24, 2.45) is 0 Å². The van der Waals surface area contributed by atoms with Gasteiger partial charge in [-0.2, -0.15) is 0 Å². The lowest BCUT2D eigenvalue weighted by molar-refractivity contribution is 0.190. The summed E-state index contributed by atoms with van der Waals surface area (Å²) in [6.07, 6.45) is 10.0. The van der Waals surface area contributed by atoms with Gasteiger partial charge < -0.3 is 8.85 Å². The molecule has 0 N–H and O–H groups in total. The zero-order chi connectivity index (χ0) is 12.8. The Morgan fingerprint density at radius 2 is 1.18 bits per heavy atom. The maximum Gasteiger partial charge on any atom is 0.384 e. The summed E-state index contributed by atoms with van der Waals surface area (Å²) in [4.78, 5) is 0. The van der Waals surface area contributed by atoms with E-state index in [1.54, 1.807) is 0 Å². The van der Waals surface area contributed by atoms with Gasteiger partial charge in [-0.3, -0.25) is 0 Å². The second-order valence-corrected chi connectivity index (χ2v) is 6.41. The fourth-order valence-electron chi connectivity index (χ4n) is 1.54. The second kappa shape index (κ2) is 14.2. The molecule has 0 aromatic rings. The van der Waals surface area contributed by atoms with Crippen molar-refractivity contribution in [2.75, 3.05) is 13.2 Å². The number of hydrogen-bond acceptors (Lipinski definition) is 2. The van der Waals surface area contributed by atoms with Crippen molar-refractivity contribution in [1.29, 1.82) is 0 Å². The molecule has 2 nitrogen and oxygen atoms in total. The summed E-state index contributed by atoms with van der Waals surface area (Å²) in [6, 6.07) is 1.16. The third-order valence-electron chi connectivity index (χ3n) is 2.76. The fraction of sp³-hybridized carbons (Fsp3) is 1.00. The van der Waals surface area contributed by atoms with Gasteiger partial charge in [-0.05, 0) is 18.9 Å². The molecule has 103 valence electrons. The van der Waals surface area contributed by atoms with Crippen molar-refractivity contribution < 1.29 is 8.85 Å². The van der Waals surface area contributed by atoms with Crippen LogP contribution in [0.3, 0.4) is 0 Å². The lowest BCUT2D eigenvalue weighted by Crippen LogP contribution is -2.24. The highest BCUT2D eigenvalue weighted by Gasteiger charge is 2.14. The lowest BCUT2D eigenvalue weighted by atomic mass is 10.2. The predicted octanol–water partition coefficient (Wildman–Crippen LogP) is 4.69. The summed E-state index contributed by atoms with van der Waals surface area (Å²) in [5.41, 5.74) is 0. The molecule has 0 aliphatic heterocycles. The molecule has 0 amide bonds. The van der Waals surface area contributed by atoms with Gasteiger partial charge in [0.1, 0.15) is 0 Å². The van der Waals surface area contributed by atoms with Gasteiger partial charge in [0.2, 0.25) is 0 Å². The van der Waals surface area contributed by atoms with E-state index in [0.717, 1.165) is 19.3 Å². The first-order chi connectivity index (χ1) is 8.35. The van der Waals surface area contributed by atoms with E-state index in [1.807, 2.05) is 0 Å². The molecule has 0 unspecified atom stereocenters. The van der Waals surface area contributed by atoms with Crippen LogP contribution in [0.15, 0.2) is 0 Å². The molecular formula is C14H31O2Si. The van der Waals surface area contributed by atoms with Gasteiger partial charge in [-0.15, -0.1) is 0 Å². The van der Waals surface area contributed by atoms with Crippen LogP contribution in [-0.4, -0.2) is 22.5 Å². The Hall–Kier alpha value is 0.137. The van der Waals surface area contributed by atoms with Gasteiger partial charge in [-0.1, -0.05) is 59.3 Å². The molecule has 0 fully saturated rings. The van der Waals surface area contributed by atoms with Crippen LogP contribution in [0.25, 0.3) is 0 Å². The number of hydrogen-bond donors (Lipinski definition) is 0. The van der Waals surface area contributed by atoms with Gasteiger partial charge in [0.15, 0.2) is 0 Å². The van der Waals surface area contributed by atoms with E-state index in [4.69, 9.17) is 8.85 Å². The third kappa shape index (κ3) is 12.4. The molecule has 17 heavy (non-hydrogen) atoms. The van der Waals surface area contributed by atoms with Crippen LogP contribution >= 0.6 is 0 Å². The second-order valence-electron chi connectivity index (χ2n) is 4.59. The van der Waals surface area contributed by atoms with Crippen LogP contribution in [-0.2, 0) is 8.85 Å². The van der Waals surface area contributed by atoms with Crippen molar-refractivity contribution in [3.63, 3.8) is 0 Å². The third-order valence-corrected chi connectivity index (χ3v) is 4.57. The summed E-state index contributed by atoms with van der Waals surface area (Å²) in [5.74, 6) is 0. The van der Waals surface area contributed by atoms with E-state index < -0.39 is 9.28 Å². The summed E-state index contributed by atoms with van der Waals surface area (Å²) < 4.78 is 11.8. The minimum atomic E-state index is -0.970. The Morgan fingerprint density at radius 3 is 1.65 bits per heavy atom. The van der Waals surface area contributed by atoms with Gasteiger partial charge in [0.05, 0.1) is 0 Å². The topological polar surface area (TPSA) is 18.5 Å². The molecule has 0 rings (SSSR count). The molecule has 0 saturated heterocycles. The molecule has 1 radical (unpaired) electrons. The van der Waals surface area contributed by atoms with E-state index in [9.17, 15) is 0 Å². The number of unbranched alkanes of at least 4 members (excludes halogenated alkanes) is 5. The predicted molar refractivity (Wildman–Crippen MR) is 76.4 cm³/mol. The molecule has 0 bridgehead atoms. The van der Waals surface area contributed by atoms with E-state index in [1.165, 1.54) is 51.4 Å². The van der Waals surface area contributed by atoms with Crippen LogP contribution in [0.1, 0.15) is 72.1 Å². The largest absolute Gasteiger partial charge is 0.393 e. The molecule has 0 atom stereocenters. The van der Waals surface area contributed by atoms with E-state index in [2.05, 4.69) is 20.8 Å². The maximum atomic E-state index is 5.89. The molecule has 0 aliphatic carbocycles. The molecule has 0 aromatic heterocycles. The average molecular weight is 259 g/mol. The first kappa shape index (κ1) is 17.1. The summed E-state index contributed by atoms with van der Waals surface area (Å²) >= 11 is 0. The van der Waals surface area contributed by atoms with E-state index in [0.29, 0.717) is 0 Å². The highest BCUT2D eigenvalue weighted by atomic mass is 28.3. The van der Waals surface area contributed by atoms with Crippen molar-refractivity contribution in [3.05, 3.63) is 0 Å². The van der Waals surface area contributed by atoms with Gasteiger partial charge in [0.25, 0.3) is 0 Å². The highest BCUT2D eigenvalue weighted by molar-refractivity contribution is 6.44. The smallest absolute Gasteiger partial charge is 0.384 e. The van der Waals surface area contributed by atoms with Gasteiger partial charge >= 0.3 is 9.28 Å². The van der Waals surface area contributed by atoms with Crippen LogP contribution in [0.2, 0.25) is 6.04 Å². The molecule has 0 aliphatic rings. The van der Waals surface area contributed by atoms with Crippen molar-refractivity contribution in [2.45, 2.75) is 78.2 Å². The van der Waals surface area contributed by atoms with Gasteiger partial charge in [-0.25, -0.2) is 0 Å². The Morgan fingerprint density at radius 1 is 0.647 bits per heavy atom. The van der Waals surface area contributed by atoms with Crippen LogP contribution in [0.4, 0.5) is 0 Å². The van der Waals surface area contributed by atoms with Crippen molar-refractivity contribution in [1.82, 2.24) is 0 Å². The minimum Gasteiger partial charge on any atom is -0.393 e. The Bertz CT molecular complexity index is 132. The quantitative estimate of drug-likeness (QED) is 0.353. The Kier molecular flexibility index (Phi) is 14.3. The zero-order valence-corrected chi connectivity index (χ0v) is 13.1. The Balaban J connectivity index is 3.60. The van der Waals surface area contributed by atoms with Crippen LogP contribution < -0.4 is 0 Å². The highest BCUT2D eigenvalue weighted by Crippen LogP contribution is 2.09. The number of rotatable bonds is 13. The van der Waals surface area contributed by atoms with E-state index >= 15 is 0 Å². The van der Waals surface area contributed by atoms with E-state index in [-0.39, 0.29) is 0 Å².